The van der Waals surface area contributed by atoms with Gasteiger partial charge in [0.2, 0.25) is 5.82 Å². The lowest BCUT2D eigenvalue weighted by molar-refractivity contribution is 0.376. The molecule has 0 saturated heterocycles. The van der Waals surface area contributed by atoms with E-state index in [4.69, 9.17) is 0 Å². The van der Waals surface area contributed by atoms with Crippen LogP contribution in [0.2, 0.25) is 0 Å². The molecule has 1 heterocycles. The zero-order chi connectivity index (χ0) is 12.7. The maximum absolute atomic E-state index is 13.2. The van der Waals surface area contributed by atoms with Gasteiger partial charge in [0.15, 0.2) is 29.1 Å². The third-order valence-corrected chi connectivity index (χ3v) is 1.89. The largest absolute Gasteiger partial charge is 0.439 e. The van der Waals surface area contributed by atoms with E-state index in [1.54, 1.807) is 4.98 Å². The standard InChI is InChI=1S/C8HF5N2O2/c9-2-1(7-14-8(16)17-15-7)3(10)5(12)6(13)4(2)11/h(H,14,15,16). The number of aromatic nitrogens is 2. The highest BCUT2D eigenvalue weighted by atomic mass is 19.2. The molecule has 0 spiro atoms. The van der Waals surface area contributed by atoms with Crippen molar-refractivity contribution >= 4 is 0 Å². The lowest BCUT2D eigenvalue weighted by atomic mass is 10.1. The van der Waals surface area contributed by atoms with Crippen LogP contribution < -0.4 is 5.76 Å². The van der Waals surface area contributed by atoms with Crippen molar-refractivity contribution in [1.29, 1.82) is 0 Å². The Hall–Kier alpha value is -2.19. The molecule has 0 aliphatic carbocycles. The molecule has 0 aliphatic heterocycles. The predicted octanol–water partition coefficient (Wildman–Crippen LogP) is 1.73. The summed E-state index contributed by atoms with van der Waals surface area (Å²) in [6.07, 6.45) is 0. The van der Waals surface area contributed by atoms with E-state index in [-0.39, 0.29) is 0 Å². The van der Waals surface area contributed by atoms with Crippen LogP contribution >= 0.6 is 0 Å². The monoisotopic (exact) mass is 252 g/mol. The number of H-pyrrole nitrogens is 1. The second-order valence-electron chi connectivity index (χ2n) is 2.89. The molecule has 0 unspecified atom stereocenters. The van der Waals surface area contributed by atoms with Crippen LogP contribution in [0.1, 0.15) is 0 Å². The quantitative estimate of drug-likeness (QED) is 0.477. The Balaban J connectivity index is 2.83. The van der Waals surface area contributed by atoms with Gasteiger partial charge < -0.3 is 0 Å². The minimum Gasteiger partial charge on any atom is -0.296 e. The number of nitrogens with one attached hydrogen (secondary N) is 1. The van der Waals surface area contributed by atoms with E-state index in [0.29, 0.717) is 0 Å². The SMILES string of the molecule is O=c1[nH]c(-c2c(F)c(F)c(F)c(F)c2F)no1. The molecule has 2 rings (SSSR count). The highest BCUT2D eigenvalue weighted by Crippen LogP contribution is 2.28. The van der Waals surface area contributed by atoms with Crippen molar-refractivity contribution in [3.8, 4) is 11.4 Å². The van der Waals surface area contributed by atoms with Gasteiger partial charge in [-0.15, -0.1) is 0 Å². The van der Waals surface area contributed by atoms with Crippen LogP contribution in [0, 0.1) is 29.1 Å². The Bertz CT molecular complexity index is 619. The number of rotatable bonds is 1. The Morgan fingerprint density at radius 2 is 1.35 bits per heavy atom. The Morgan fingerprint density at radius 3 is 1.76 bits per heavy atom. The predicted molar refractivity (Wildman–Crippen MR) is 42.3 cm³/mol. The molecule has 1 aromatic carbocycles. The number of halogens is 5. The molecule has 4 nitrogen and oxygen atoms in total. The summed E-state index contributed by atoms with van der Waals surface area (Å²) in [5.74, 6) is -12.9. The van der Waals surface area contributed by atoms with Crippen LogP contribution in [0.5, 0.6) is 0 Å². The second kappa shape index (κ2) is 3.68. The molecule has 0 saturated carbocycles. The summed E-state index contributed by atoms with van der Waals surface area (Å²) in [6.45, 7) is 0. The molecule has 0 amide bonds. The minimum atomic E-state index is -2.30. The highest BCUT2D eigenvalue weighted by Gasteiger charge is 2.28. The number of benzene rings is 1. The first kappa shape index (κ1) is 11.3. The first-order chi connectivity index (χ1) is 7.93. The number of aromatic amines is 1. The van der Waals surface area contributed by atoms with Crippen molar-refractivity contribution in [2.45, 2.75) is 0 Å². The molecule has 1 N–H and O–H groups in total. The summed E-state index contributed by atoms with van der Waals surface area (Å²) < 4.78 is 68.5. The van der Waals surface area contributed by atoms with Crippen molar-refractivity contribution in [1.82, 2.24) is 10.1 Å². The van der Waals surface area contributed by atoms with E-state index in [9.17, 15) is 26.7 Å². The van der Waals surface area contributed by atoms with Crippen molar-refractivity contribution < 1.29 is 26.5 Å². The fourth-order valence-corrected chi connectivity index (χ4v) is 1.15. The first-order valence-corrected chi connectivity index (χ1v) is 4.01. The maximum atomic E-state index is 13.2. The van der Waals surface area contributed by atoms with Crippen LogP contribution in [0.4, 0.5) is 22.0 Å². The van der Waals surface area contributed by atoms with Crippen LogP contribution in [-0.2, 0) is 0 Å². The topological polar surface area (TPSA) is 58.9 Å². The Labute approximate surface area is 88.7 Å². The van der Waals surface area contributed by atoms with Gasteiger partial charge in [0, 0.05) is 0 Å². The zero-order valence-corrected chi connectivity index (χ0v) is 7.65. The average molecular weight is 252 g/mol. The number of hydrogen-bond donors (Lipinski definition) is 1. The summed E-state index contributed by atoms with van der Waals surface area (Å²) in [5.41, 5.74) is -1.35. The van der Waals surface area contributed by atoms with Crippen molar-refractivity contribution in [2.75, 3.05) is 0 Å². The minimum absolute atomic E-state index is 0.886. The third kappa shape index (κ3) is 1.59. The van der Waals surface area contributed by atoms with E-state index in [0.717, 1.165) is 0 Å². The Morgan fingerprint density at radius 1 is 0.882 bits per heavy atom. The molecular weight excluding hydrogens is 251 g/mol. The van der Waals surface area contributed by atoms with Gasteiger partial charge in [0.1, 0.15) is 0 Å². The normalized spacial score (nSPS) is 10.9. The molecule has 0 radical (unpaired) electrons. The van der Waals surface area contributed by atoms with Crippen LogP contribution in [-0.4, -0.2) is 10.1 Å². The fourth-order valence-electron chi connectivity index (χ4n) is 1.15. The molecule has 9 heteroatoms. The van der Waals surface area contributed by atoms with E-state index in [1.807, 2.05) is 0 Å². The fraction of sp³-hybridized carbons (Fsp3) is 0. The molecule has 1 aromatic heterocycles. The van der Waals surface area contributed by atoms with Gasteiger partial charge in [-0.05, 0) is 0 Å². The summed E-state index contributed by atoms with van der Waals surface area (Å²) >= 11 is 0. The molecule has 2 aromatic rings. The molecule has 0 aliphatic rings. The molecular formula is C8HF5N2O2. The smallest absolute Gasteiger partial charge is 0.296 e. The van der Waals surface area contributed by atoms with Crippen LogP contribution in [0.15, 0.2) is 9.32 Å². The van der Waals surface area contributed by atoms with Gasteiger partial charge in [0.25, 0.3) is 0 Å². The molecule has 0 atom stereocenters. The van der Waals surface area contributed by atoms with Gasteiger partial charge in [-0.3, -0.25) is 9.51 Å². The van der Waals surface area contributed by atoms with Gasteiger partial charge in [-0.2, -0.15) is 0 Å². The number of nitrogens with zero attached hydrogens (tertiary/aromatic N) is 1. The van der Waals surface area contributed by atoms with Gasteiger partial charge in [-0.1, -0.05) is 5.16 Å². The molecule has 0 fully saturated rings. The summed E-state index contributed by atoms with van der Waals surface area (Å²) in [4.78, 5) is 12.2. The second-order valence-corrected chi connectivity index (χ2v) is 2.89. The summed E-state index contributed by atoms with van der Waals surface area (Å²) in [5, 5.41) is 2.84. The lowest BCUT2D eigenvalue weighted by Gasteiger charge is -2.04. The zero-order valence-electron chi connectivity index (χ0n) is 7.65. The van der Waals surface area contributed by atoms with Crippen LogP contribution in [0.3, 0.4) is 0 Å². The number of hydrogen-bond acceptors (Lipinski definition) is 3. The third-order valence-electron chi connectivity index (χ3n) is 1.89. The van der Waals surface area contributed by atoms with Crippen molar-refractivity contribution in [3.05, 3.63) is 39.6 Å². The summed E-state index contributed by atoms with van der Waals surface area (Å²) in [7, 11) is 0. The maximum Gasteiger partial charge on any atom is 0.439 e. The van der Waals surface area contributed by atoms with Gasteiger partial charge in [-0.25, -0.2) is 26.7 Å². The van der Waals surface area contributed by atoms with Crippen LogP contribution in [0.25, 0.3) is 11.4 Å². The molecule has 0 bridgehead atoms. The van der Waals surface area contributed by atoms with E-state index < -0.39 is 46.2 Å². The average Bonchev–Trinajstić information content (AvgIpc) is 2.71. The molecule has 17 heavy (non-hydrogen) atoms. The van der Waals surface area contributed by atoms with Crippen molar-refractivity contribution in [2.24, 2.45) is 0 Å². The van der Waals surface area contributed by atoms with Crippen molar-refractivity contribution in [3.63, 3.8) is 0 Å². The van der Waals surface area contributed by atoms with E-state index in [2.05, 4.69) is 9.68 Å². The Kier molecular flexibility index (Phi) is 2.45. The van der Waals surface area contributed by atoms with E-state index in [1.165, 1.54) is 0 Å². The van der Waals surface area contributed by atoms with E-state index >= 15 is 0 Å². The lowest BCUT2D eigenvalue weighted by Crippen LogP contribution is -2.05. The summed E-state index contributed by atoms with van der Waals surface area (Å²) in [6, 6.07) is 0. The molecule has 90 valence electrons. The highest BCUT2D eigenvalue weighted by molar-refractivity contribution is 5.56. The first-order valence-electron chi connectivity index (χ1n) is 4.01. The van der Waals surface area contributed by atoms with Gasteiger partial charge >= 0.3 is 5.76 Å². The van der Waals surface area contributed by atoms with Gasteiger partial charge in [0.05, 0.1) is 5.56 Å².